The van der Waals surface area contributed by atoms with Gasteiger partial charge in [0.05, 0.1) is 26.3 Å². The fourth-order valence-electron chi connectivity index (χ4n) is 1.45. The number of hydrogen-bond donors (Lipinski definition) is 2. The summed E-state index contributed by atoms with van der Waals surface area (Å²) < 4.78 is 5.02. The number of carbonyl (C=O) groups excluding carboxylic acids is 1. The number of amides is 1. The summed E-state index contributed by atoms with van der Waals surface area (Å²) in [6, 6.07) is -0.895. The largest absolute Gasteiger partial charge is 0.480 e. The van der Waals surface area contributed by atoms with Gasteiger partial charge in [0, 0.05) is 6.54 Å². The number of carboxylic acids is 1. The molecule has 0 saturated carbocycles. The molecule has 2 N–H and O–H groups in total. The lowest BCUT2D eigenvalue weighted by Gasteiger charge is -2.32. The van der Waals surface area contributed by atoms with E-state index in [9.17, 15) is 9.59 Å². The van der Waals surface area contributed by atoms with Gasteiger partial charge in [0.15, 0.2) is 6.04 Å². The lowest BCUT2D eigenvalue weighted by molar-refractivity contribution is -0.157. The number of hydrogen-bond acceptors (Lipinski definition) is 4. The van der Waals surface area contributed by atoms with Crippen molar-refractivity contribution < 1.29 is 19.4 Å². The maximum Gasteiger partial charge on any atom is 0.328 e. The Morgan fingerprint density at radius 2 is 2.38 bits per heavy atom. The quantitative estimate of drug-likeness (QED) is 0.451. The Bertz CT molecular complexity index is 310. The van der Waals surface area contributed by atoms with E-state index in [1.54, 1.807) is 0 Å². The van der Waals surface area contributed by atoms with Gasteiger partial charge in [0.2, 0.25) is 5.91 Å². The number of terminal acetylenes is 1. The Morgan fingerprint density at radius 3 is 3.00 bits per heavy atom. The highest BCUT2D eigenvalue weighted by atomic mass is 16.5. The zero-order chi connectivity index (χ0) is 12.0. The summed E-state index contributed by atoms with van der Waals surface area (Å²) in [6.07, 6.45) is 5.02. The van der Waals surface area contributed by atoms with Gasteiger partial charge in [0.1, 0.15) is 0 Å². The van der Waals surface area contributed by atoms with Gasteiger partial charge in [-0.05, 0) is 0 Å². The fraction of sp³-hybridized carbons (Fsp3) is 0.600. The van der Waals surface area contributed by atoms with E-state index in [2.05, 4.69) is 11.2 Å². The zero-order valence-electron chi connectivity index (χ0n) is 8.81. The van der Waals surface area contributed by atoms with Crippen LogP contribution in [-0.4, -0.2) is 60.8 Å². The van der Waals surface area contributed by atoms with E-state index in [1.807, 2.05) is 0 Å². The number of morpholine rings is 1. The molecule has 1 fully saturated rings. The van der Waals surface area contributed by atoms with Crippen LogP contribution in [-0.2, 0) is 14.3 Å². The Kier molecular flexibility index (Phi) is 4.76. The molecule has 6 nitrogen and oxygen atoms in total. The van der Waals surface area contributed by atoms with Gasteiger partial charge in [-0.2, -0.15) is 0 Å². The first-order chi connectivity index (χ1) is 7.66. The molecule has 1 amide bonds. The van der Waals surface area contributed by atoms with Gasteiger partial charge < -0.3 is 14.7 Å². The summed E-state index contributed by atoms with van der Waals surface area (Å²) in [7, 11) is 0. The molecule has 0 bridgehead atoms. The number of nitrogens with zero attached hydrogens (tertiary/aromatic N) is 1. The summed E-state index contributed by atoms with van der Waals surface area (Å²) in [4.78, 5) is 23.8. The standard InChI is InChI=1S/C10H14N2O4/c1-2-3-11-6-9(13)12-4-5-16-7-8(12)10(14)15/h1,8,11H,3-7H2,(H,14,15). The minimum Gasteiger partial charge on any atom is -0.480 e. The number of nitrogens with one attached hydrogen (secondary N) is 1. The second kappa shape index (κ2) is 6.10. The Balaban J connectivity index is 2.51. The third-order valence-electron chi connectivity index (χ3n) is 2.24. The van der Waals surface area contributed by atoms with E-state index >= 15 is 0 Å². The molecule has 1 aliphatic heterocycles. The number of aliphatic carboxylic acids is 1. The zero-order valence-corrected chi connectivity index (χ0v) is 8.81. The summed E-state index contributed by atoms with van der Waals surface area (Å²) in [5, 5.41) is 11.6. The molecule has 0 aromatic heterocycles. The van der Waals surface area contributed by atoms with Crippen LogP contribution in [0.5, 0.6) is 0 Å². The van der Waals surface area contributed by atoms with Crippen LogP contribution in [0.15, 0.2) is 0 Å². The molecule has 1 atom stereocenters. The molecular formula is C10H14N2O4. The third kappa shape index (κ3) is 3.22. The van der Waals surface area contributed by atoms with Crippen LogP contribution in [0, 0.1) is 12.3 Å². The molecule has 0 spiro atoms. The smallest absolute Gasteiger partial charge is 0.328 e. The van der Waals surface area contributed by atoms with Crippen molar-refractivity contribution in [3.63, 3.8) is 0 Å². The van der Waals surface area contributed by atoms with Crippen molar-refractivity contribution in [1.82, 2.24) is 10.2 Å². The molecule has 1 rings (SSSR count). The normalized spacial score (nSPS) is 20.2. The molecule has 88 valence electrons. The molecule has 0 radical (unpaired) electrons. The topological polar surface area (TPSA) is 78.9 Å². The average molecular weight is 226 g/mol. The molecule has 1 aliphatic rings. The highest BCUT2D eigenvalue weighted by Gasteiger charge is 2.32. The van der Waals surface area contributed by atoms with Crippen LogP contribution in [0.1, 0.15) is 0 Å². The van der Waals surface area contributed by atoms with Gasteiger partial charge in [-0.15, -0.1) is 6.42 Å². The minimum absolute atomic E-state index is 0.0379. The van der Waals surface area contributed by atoms with Crippen molar-refractivity contribution in [3.05, 3.63) is 0 Å². The van der Waals surface area contributed by atoms with Crippen LogP contribution in [0.3, 0.4) is 0 Å². The van der Waals surface area contributed by atoms with Crippen LogP contribution >= 0.6 is 0 Å². The average Bonchev–Trinajstić information content (AvgIpc) is 2.29. The second-order valence-corrected chi connectivity index (χ2v) is 3.32. The molecule has 6 heteroatoms. The van der Waals surface area contributed by atoms with E-state index in [-0.39, 0.29) is 25.6 Å². The Labute approximate surface area is 93.6 Å². The van der Waals surface area contributed by atoms with E-state index in [1.165, 1.54) is 4.90 Å². The SMILES string of the molecule is C#CCNCC(=O)N1CCOCC1C(=O)O. The van der Waals surface area contributed by atoms with Gasteiger partial charge in [-0.3, -0.25) is 10.1 Å². The van der Waals surface area contributed by atoms with Crippen LogP contribution in [0.2, 0.25) is 0 Å². The van der Waals surface area contributed by atoms with Crippen molar-refractivity contribution in [1.29, 1.82) is 0 Å². The predicted molar refractivity (Wildman–Crippen MR) is 55.7 cm³/mol. The van der Waals surface area contributed by atoms with Crippen LogP contribution in [0.25, 0.3) is 0 Å². The molecule has 0 aliphatic carbocycles. The number of rotatable bonds is 4. The van der Waals surface area contributed by atoms with Crippen molar-refractivity contribution in [2.45, 2.75) is 6.04 Å². The molecule has 0 aromatic rings. The van der Waals surface area contributed by atoms with Crippen molar-refractivity contribution in [3.8, 4) is 12.3 Å². The van der Waals surface area contributed by atoms with Gasteiger partial charge in [-0.1, -0.05) is 5.92 Å². The summed E-state index contributed by atoms with van der Waals surface area (Å²) >= 11 is 0. The second-order valence-electron chi connectivity index (χ2n) is 3.32. The maximum absolute atomic E-state index is 11.7. The molecule has 16 heavy (non-hydrogen) atoms. The predicted octanol–water partition coefficient (Wildman–Crippen LogP) is -1.48. The van der Waals surface area contributed by atoms with E-state index < -0.39 is 12.0 Å². The van der Waals surface area contributed by atoms with Gasteiger partial charge in [-0.25, -0.2) is 4.79 Å². The third-order valence-corrected chi connectivity index (χ3v) is 2.24. The monoisotopic (exact) mass is 226 g/mol. The van der Waals surface area contributed by atoms with E-state index in [4.69, 9.17) is 16.3 Å². The highest BCUT2D eigenvalue weighted by molar-refractivity contribution is 5.85. The fourth-order valence-corrected chi connectivity index (χ4v) is 1.45. The molecular weight excluding hydrogens is 212 g/mol. The number of ether oxygens (including phenoxy) is 1. The first-order valence-corrected chi connectivity index (χ1v) is 4.91. The van der Waals surface area contributed by atoms with Gasteiger partial charge in [0.25, 0.3) is 0 Å². The van der Waals surface area contributed by atoms with Crippen LogP contribution in [0.4, 0.5) is 0 Å². The summed E-state index contributed by atoms with van der Waals surface area (Å²) in [6.45, 7) is 1.04. The Morgan fingerprint density at radius 1 is 1.62 bits per heavy atom. The molecule has 1 saturated heterocycles. The van der Waals surface area contributed by atoms with Crippen LogP contribution < -0.4 is 5.32 Å². The van der Waals surface area contributed by atoms with Crippen molar-refractivity contribution in [2.24, 2.45) is 0 Å². The van der Waals surface area contributed by atoms with E-state index in [0.717, 1.165) is 0 Å². The Hall–Kier alpha value is -1.58. The molecule has 1 heterocycles. The van der Waals surface area contributed by atoms with Crippen molar-refractivity contribution in [2.75, 3.05) is 32.8 Å². The highest BCUT2D eigenvalue weighted by Crippen LogP contribution is 2.07. The summed E-state index contributed by atoms with van der Waals surface area (Å²) in [5.74, 6) is 1.01. The summed E-state index contributed by atoms with van der Waals surface area (Å²) in [5.41, 5.74) is 0. The maximum atomic E-state index is 11.7. The first kappa shape index (κ1) is 12.5. The van der Waals surface area contributed by atoms with Crippen molar-refractivity contribution >= 4 is 11.9 Å². The molecule has 0 aromatic carbocycles. The number of carbonyl (C=O) groups is 2. The number of carboxylic acid groups (broad SMARTS) is 1. The molecule has 1 unspecified atom stereocenters. The first-order valence-electron chi connectivity index (χ1n) is 4.91. The van der Waals surface area contributed by atoms with E-state index in [0.29, 0.717) is 13.2 Å². The minimum atomic E-state index is -1.05. The lowest BCUT2D eigenvalue weighted by atomic mass is 10.2. The van der Waals surface area contributed by atoms with Gasteiger partial charge >= 0.3 is 5.97 Å². The lowest BCUT2D eigenvalue weighted by Crippen LogP contribution is -2.54.